The lowest BCUT2D eigenvalue weighted by Crippen LogP contribution is -2.26. The second-order valence-electron chi connectivity index (χ2n) is 12.6. The number of hydrogen-bond acceptors (Lipinski definition) is 2. The molecule has 0 saturated heterocycles. The number of Topliss-reactive ketones (excluding diaryl/α,β-unsaturated/α-hetero) is 1. The van der Waals surface area contributed by atoms with Gasteiger partial charge in [0, 0.05) is 30.0 Å². The van der Waals surface area contributed by atoms with Gasteiger partial charge in [0.25, 0.3) is 0 Å². The molecule has 3 unspecified atom stereocenters. The SMILES string of the molecule is C=C=C(CCC)c1cc(C)c(C(=O)CCCCC[C@@H](C)C2CCC(CCC/C(=C/N=CC)CC)C(C)C2)c(C)c1. The van der Waals surface area contributed by atoms with Gasteiger partial charge in [-0.15, -0.1) is 5.73 Å². The first kappa shape index (κ1) is 34.0. The zero-order valence-electron chi connectivity index (χ0n) is 27.1. The monoisotopic (exact) mass is 545 g/mol. The van der Waals surface area contributed by atoms with Gasteiger partial charge in [0.15, 0.2) is 5.78 Å². The Bertz CT molecular complexity index is 1010. The molecule has 0 radical (unpaired) electrons. The lowest BCUT2D eigenvalue weighted by atomic mass is 9.69. The number of benzene rings is 1. The van der Waals surface area contributed by atoms with Gasteiger partial charge in [0.1, 0.15) is 0 Å². The van der Waals surface area contributed by atoms with Gasteiger partial charge in [0.05, 0.1) is 0 Å². The van der Waals surface area contributed by atoms with Crippen molar-refractivity contribution in [2.75, 3.05) is 0 Å². The van der Waals surface area contributed by atoms with Crippen LogP contribution in [0.5, 0.6) is 0 Å². The van der Waals surface area contributed by atoms with Gasteiger partial charge >= 0.3 is 0 Å². The fourth-order valence-corrected chi connectivity index (χ4v) is 7.00. The van der Waals surface area contributed by atoms with E-state index in [0.29, 0.717) is 12.2 Å². The molecule has 0 heterocycles. The maximum atomic E-state index is 13.1. The van der Waals surface area contributed by atoms with Crippen LogP contribution >= 0.6 is 0 Å². The largest absolute Gasteiger partial charge is 0.294 e. The van der Waals surface area contributed by atoms with Crippen molar-refractivity contribution in [3.8, 4) is 0 Å². The normalized spacial score (nSPS) is 20.5. The van der Waals surface area contributed by atoms with Crippen molar-refractivity contribution in [2.24, 2.45) is 28.7 Å². The molecule has 0 aromatic heterocycles. The highest BCUT2D eigenvalue weighted by atomic mass is 16.1. The van der Waals surface area contributed by atoms with Crippen LogP contribution in [0.25, 0.3) is 5.57 Å². The van der Waals surface area contributed by atoms with E-state index in [2.05, 4.69) is 77.2 Å². The topological polar surface area (TPSA) is 29.4 Å². The quantitative estimate of drug-likeness (QED) is 0.0828. The van der Waals surface area contributed by atoms with Gasteiger partial charge in [-0.25, -0.2) is 0 Å². The highest BCUT2D eigenvalue weighted by Crippen LogP contribution is 2.41. The molecule has 1 aromatic rings. The maximum absolute atomic E-state index is 13.1. The number of rotatable bonds is 17. The van der Waals surface area contributed by atoms with Crippen LogP contribution in [-0.4, -0.2) is 12.0 Å². The Hall–Kier alpha value is -2.18. The summed E-state index contributed by atoms with van der Waals surface area (Å²) >= 11 is 0. The van der Waals surface area contributed by atoms with E-state index in [1.54, 1.807) is 0 Å². The smallest absolute Gasteiger partial charge is 0.163 e. The first-order chi connectivity index (χ1) is 19.2. The number of nitrogens with zero attached hydrogens (tertiary/aromatic N) is 1. The fourth-order valence-electron chi connectivity index (χ4n) is 7.00. The zero-order valence-corrected chi connectivity index (χ0v) is 27.1. The van der Waals surface area contributed by atoms with E-state index >= 15 is 0 Å². The minimum Gasteiger partial charge on any atom is -0.294 e. The summed E-state index contributed by atoms with van der Waals surface area (Å²) in [4.78, 5) is 17.4. The van der Waals surface area contributed by atoms with Crippen LogP contribution in [0.2, 0.25) is 0 Å². The molecule has 0 N–H and O–H groups in total. The first-order valence-corrected chi connectivity index (χ1v) is 16.4. The summed E-state index contributed by atoms with van der Waals surface area (Å²) in [7, 11) is 0. The Morgan fingerprint density at radius 1 is 1.07 bits per heavy atom. The van der Waals surface area contributed by atoms with Crippen LogP contribution in [0.3, 0.4) is 0 Å². The summed E-state index contributed by atoms with van der Waals surface area (Å²) in [6, 6.07) is 4.31. The lowest BCUT2D eigenvalue weighted by Gasteiger charge is -2.37. The standard InChI is InChI=1S/C38H59NO/c1-9-17-33(11-3)36-25-30(7)38(31(8)26-36)37(40)21-15-13-14-18-28(5)35-23-22-34(29(6)24-35)20-16-19-32(10-2)27-39-12-4/h12,25-29,34-35H,3,9-10,13-24H2,1-2,4-8H3/b32-27+,39-12?/t28-,29?,34?,35?/m1/s1. The maximum Gasteiger partial charge on any atom is 0.163 e. The number of ketones is 1. The molecule has 4 atom stereocenters. The number of unbranched alkanes of at least 4 members (excludes halogenated alkanes) is 2. The van der Waals surface area contributed by atoms with Gasteiger partial charge in [-0.05, 0) is 119 Å². The van der Waals surface area contributed by atoms with Gasteiger partial charge in [-0.3, -0.25) is 9.79 Å². The second kappa shape index (κ2) is 18.3. The summed E-state index contributed by atoms with van der Waals surface area (Å²) in [5.74, 6) is 3.73. The van der Waals surface area contributed by atoms with E-state index in [1.807, 2.05) is 13.1 Å². The third kappa shape index (κ3) is 10.7. The Balaban J connectivity index is 1.72. The number of carbonyl (C=O) groups excluding carboxylic acids is 1. The van der Waals surface area contributed by atoms with Gasteiger partial charge in [-0.1, -0.05) is 77.7 Å². The summed E-state index contributed by atoms with van der Waals surface area (Å²) < 4.78 is 0. The van der Waals surface area contributed by atoms with Crippen LogP contribution in [0.15, 0.2) is 41.2 Å². The molecule has 222 valence electrons. The van der Waals surface area contributed by atoms with Crippen LogP contribution in [0.4, 0.5) is 0 Å². The minimum atomic E-state index is 0.306. The average molecular weight is 546 g/mol. The van der Waals surface area contributed by atoms with Gasteiger partial charge < -0.3 is 0 Å². The van der Waals surface area contributed by atoms with Crippen LogP contribution in [-0.2, 0) is 0 Å². The predicted molar refractivity (Wildman–Crippen MR) is 176 cm³/mol. The molecule has 0 bridgehead atoms. The number of allylic oxidation sites excluding steroid dienone is 2. The molecule has 1 aliphatic rings. The Morgan fingerprint density at radius 3 is 2.40 bits per heavy atom. The molecule has 1 aromatic carbocycles. The molecule has 0 aliphatic heterocycles. The number of carbonyl (C=O) groups is 1. The molecule has 1 fully saturated rings. The molecule has 2 heteroatoms. The highest BCUT2D eigenvalue weighted by Gasteiger charge is 2.29. The van der Waals surface area contributed by atoms with Crippen LogP contribution in [0.1, 0.15) is 152 Å². The molecule has 1 aliphatic carbocycles. The van der Waals surface area contributed by atoms with E-state index in [1.165, 1.54) is 62.5 Å². The van der Waals surface area contributed by atoms with E-state index in [4.69, 9.17) is 0 Å². The molecular formula is C38H59NO. The van der Waals surface area contributed by atoms with E-state index < -0.39 is 0 Å². The Labute approximate surface area is 247 Å². The molecular weight excluding hydrogens is 486 g/mol. The summed E-state index contributed by atoms with van der Waals surface area (Å²) in [5.41, 5.74) is 10.0. The van der Waals surface area contributed by atoms with Crippen LogP contribution < -0.4 is 0 Å². The van der Waals surface area contributed by atoms with Gasteiger partial charge in [-0.2, -0.15) is 0 Å². The molecule has 1 saturated carbocycles. The summed E-state index contributed by atoms with van der Waals surface area (Å²) in [6.07, 6.45) is 20.6. The molecule has 0 spiro atoms. The molecule has 40 heavy (non-hydrogen) atoms. The van der Waals surface area contributed by atoms with Crippen molar-refractivity contribution in [1.82, 2.24) is 0 Å². The minimum absolute atomic E-state index is 0.306. The third-order valence-corrected chi connectivity index (χ3v) is 9.56. The van der Waals surface area contributed by atoms with E-state index in [9.17, 15) is 4.79 Å². The van der Waals surface area contributed by atoms with Crippen molar-refractivity contribution >= 4 is 17.6 Å². The van der Waals surface area contributed by atoms with Crippen molar-refractivity contribution in [3.05, 3.63) is 58.5 Å². The van der Waals surface area contributed by atoms with Crippen LogP contribution in [0, 0.1) is 37.5 Å². The van der Waals surface area contributed by atoms with Crippen molar-refractivity contribution < 1.29 is 4.79 Å². The lowest BCUT2D eigenvalue weighted by molar-refractivity contribution is 0.0977. The third-order valence-electron chi connectivity index (χ3n) is 9.56. The first-order valence-electron chi connectivity index (χ1n) is 16.4. The zero-order chi connectivity index (χ0) is 29.5. The second-order valence-corrected chi connectivity index (χ2v) is 12.6. The van der Waals surface area contributed by atoms with Gasteiger partial charge in [0.2, 0.25) is 0 Å². The van der Waals surface area contributed by atoms with Crippen molar-refractivity contribution in [2.45, 2.75) is 138 Å². The Kier molecular flexibility index (Phi) is 15.6. The molecule has 2 nitrogen and oxygen atoms in total. The molecule has 0 amide bonds. The van der Waals surface area contributed by atoms with E-state index in [0.717, 1.165) is 78.0 Å². The number of hydrogen-bond donors (Lipinski definition) is 0. The number of aliphatic imine (C=N–C) groups is 1. The predicted octanol–water partition coefficient (Wildman–Crippen LogP) is 11.6. The van der Waals surface area contributed by atoms with Crippen molar-refractivity contribution in [3.63, 3.8) is 0 Å². The molecule has 2 rings (SSSR count). The fraction of sp³-hybridized carbons (Fsp3) is 0.658. The number of aryl methyl sites for hydroxylation is 2. The summed E-state index contributed by atoms with van der Waals surface area (Å²) in [5, 5.41) is 0. The average Bonchev–Trinajstić information content (AvgIpc) is 2.93. The highest BCUT2D eigenvalue weighted by molar-refractivity contribution is 5.99. The Morgan fingerprint density at radius 2 is 1.80 bits per heavy atom. The van der Waals surface area contributed by atoms with Crippen molar-refractivity contribution in [1.29, 1.82) is 0 Å². The summed E-state index contributed by atoms with van der Waals surface area (Å²) in [6.45, 7) is 19.4. The van der Waals surface area contributed by atoms with E-state index in [-0.39, 0.29) is 0 Å².